The van der Waals surface area contributed by atoms with E-state index < -0.39 is 0 Å². The quantitative estimate of drug-likeness (QED) is 0.730. The summed E-state index contributed by atoms with van der Waals surface area (Å²) < 4.78 is 7.52. The molecule has 0 amide bonds. The molecule has 1 aliphatic heterocycles. The predicted molar refractivity (Wildman–Crippen MR) is 98.8 cm³/mol. The highest BCUT2D eigenvalue weighted by Gasteiger charge is 2.22. The summed E-state index contributed by atoms with van der Waals surface area (Å²) in [6, 6.07) is 8.04. The molecule has 1 aliphatic rings. The first-order chi connectivity index (χ1) is 12.2. The van der Waals surface area contributed by atoms with E-state index in [4.69, 9.17) is 9.84 Å². The van der Waals surface area contributed by atoms with Crippen LogP contribution in [0.3, 0.4) is 0 Å². The zero-order valence-corrected chi connectivity index (χ0v) is 15.0. The molecule has 3 aromatic rings. The Bertz CT molecular complexity index is 894. The zero-order chi connectivity index (χ0) is 17.4. The van der Waals surface area contributed by atoms with Gasteiger partial charge >= 0.3 is 0 Å². The second-order valence-electron chi connectivity index (χ2n) is 6.45. The molecule has 2 aromatic heterocycles. The van der Waals surface area contributed by atoms with Crippen LogP contribution in [0.5, 0.6) is 5.75 Å². The minimum Gasteiger partial charge on any atom is -0.494 e. The highest BCUT2D eigenvalue weighted by atomic mass is 16.5. The SMILES string of the molecule is CCOc1ccc(-n2nc3c(N4CCCC4)nnc(C)c3c2C)cc1. The van der Waals surface area contributed by atoms with Gasteiger partial charge in [0, 0.05) is 13.1 Å². The molecule has 0 saturated carbocycles. The Kier molecular flexibility index (Phi) is 4.03. The summed E-state index contributed by atoms with van der Waals surface area (Å²) in [5.41, 5.74) is 3.98. The minimum absolute atomic E-state index is 0.666. The van der Waals surface area contributed by atoms with Crippen molar-refractivity contribution in [2.75, 3.05) is 24.6 Å². The predicted octanol–water partition coefficient (Wildman–Crippen LogP) is 3.43. The molecule has 0 unspecified atom stereocenters. The van der Waals surface area contributed by atoms with E-state index in [0.29, 0.717) is 6.61 Å². The number of ether oxygens (including phenoxy) is 1. The number of benzene rings is 1. The van der Waals surface area contributed by atoms with Gasteiger partial charge in [0.2, 0.25) is 0 Å². The first-order valence-electron chi connectivity index (χ1n) is 8.90. The van der Waals surface area contributed by atoms with Crippen molar-refractivity contribution in [1.29, 1.82) is 0 Å². The van der Waals surface area contributed by atoms with E-state index in [-0.39, 0.29) is 0 Å². The Labute approximate surface area is 147 Å². The van der Waals surface area contributed by atoms with Crippen LogP contribution < -0.4 is 9.64 Å². The number of aryl methyl sites for hydroxylation is 2. The number of anilines is 1. The molecule has 0 aliphatic carbocycles. The molecule has 25 heavy (non-hydrogen) atoms. The number of hydrogen-bond acceptors (Lipinski definition) is 5. The molecule has 1 saturated heterocycles. The van der Waals surface area contributed by atoms with Gasteiger partial charge in [-0.2, -0.15) is 10.2 Å². The smallest absolute Gasteiger partial charge is 0.179 e. The maximum Gasteiger partial charge on any atom is 0.179 e. The van der Waals surface area contributed by atoms with Crippen LogP contribution in [-0.2, 0) is 0 Å². The highest BCUT2D eigenvalue weighted by Crippen LogP contribution is 2.31. The van der Waals surface area contributed by atoms with Gasteiger partial charge in [-0.1, -0.05) is 0 Å². The second-order valence-corrected chi connectivity index (χ2v) is 6.45. The third kappa shape index (κ3) is 2.71. The van der Waals surface area contributed by atoms with Crippen molar-refractivity contribution in [1.82, 2.24) is 20.0 Å². The molecule has 1 aromatic carbocycles. The topological polar surface area (TPSA) is 56.1 Å². The van der Waals surface area contributed by atoms with E-state index in [1.165, 1.54) is 12.8 Å². The third-order valence-corrected chi connectivity index (χ3v) is 4.78. The lowest BCUT2D eigenvalue weighted by Crippen LogP contribution is -2.20. The van der Waals surface area contributed by atoms with Crippen LogP contribution in [0.4, 0.5) is 5.82 Å². The molecule has 0 bridgehead atoms. The van der Waals surface area contributed by atoms with Crippen molar-refractivity contribution in [3.05, 3.63) is 35.7 Å². The number of aromatic nitrogens is 4. The first kappa shape index (κ1) is 15.9. The van der Waals surface area contributed by atoms with Crippen LogP contribution in [0.2, 0.25) is 0 Å². The van der Waals surface area contributed by atoms with Gasteiger partial charge in [-0.3, -0.25) is 0 Å². The average molecular weight is 337 g/mol. The van der Waals surface area contributed by atoms with Crippen LogP contribution in [0, 0.1) is 13.8 Å². The van der Waals surface area contributed by atoms with Gasteiger partial charge in [0.1, 0.15) is 11.3 Å². The van der Waals surface area contributed by atoms with Gasteiger partial charge in [0.05, 0.1) is 29.1 Å². The molecule has 6 heteroatoms. The molecule has 0 radical (unpaired) electrons. The molecule has 130 valence electrons. The Morgan fingerprint density at radius 2 is 1.76 bits per heavy atom. The van der Waals surface area contributed by atoms with Crippen molar-refractivity contribution in [2.45, 2.75) is 33.6 Å². The standard InChI is InChI=1S/C19H23N5O/c1-4-25-16-9-7-15(8-10-16)24-14(3)17-13(2)20-21-19(18(17)22-24)23-11-5-6-12-23/h7-10H,4-6,11-12H2,1-3H3. The molecule has 6 nitrogen and oxygen atoms in total. The summed E-state index contributed by atoms with van der Waals surface area (Å²) in [4.78, 5) is 2.30. The van der Waals surface area contributed by atoms with E-state index >= 15 is 0 Å². The fourth-order valence-electron chi connectivity index (χ4n) is 3.56. The maximum absolute atomic E-state index is 5.54. The van der Waals surface area contributed by atoms with E-state index in [0.717, 1.165) is 52.6 Å². The summed E-state index contributed by atoms with van der Waals surface area (Å²) >= 11 is 0. The molecular weight excluding hydrogens is 314 g/mol. The van der Waals surface area contributed by atoms with Gasteiger partial charge in [0.25, 0.3) is 0 Å². The van der Waals surface area contributed by atoms with Crippen molar-refractivity contribution in [3.8, 4) is 11.4 Å². The van der Waals surface area contributed by atoms with Crippen molar-refractivity contribution < 1.29 is 4.74 Å². The first-order valence-corrected chi connectivity index (χ1v) is 8.90. The van der Waals surface area contributed by atoms with E-state index in [1.54, 1.807) is 0 Å². The van der Waals surface area contributed by atoms with Gasteiger partial charge in [-0.05, 0) is 57.9 Å². The highest BCUT2D eigenvalue weighted by molar-refractivity contribution is 5.92. The number of fused-ring (bicyclic) bond motifs is 1. The Hall–Kier alpha value is -2.63. The van der Waals surface area contributed by atoms with Gasteiger partial charge in [0.15, 0.2) is 5.82 Å². The Morgan fingerprint density at radius 3 is 2.44 bits per heavy atom. The molecule has 0 N–H and O–H groups in total. The summed E-state index contributed by atoms with van der Waals surface area (Å²) in [5, 5.41) is 14.8. The largest absolute Gasteiger partial charge is 0.494 e. The number of hydrogen-bond donors (Lipinski definition) is 0. The summed E-state index contributed by atoms with van der Waals surface area (Å²) in [5.74, 6) is 1.78. The van der Waals surface area contributed by atoms with Gasteiger partial charge in [-0.15, -0.1) is 5.10 Å². The maximum atomic E-state index is 5.54. The van der Waals surface area contributed by atoms with Crippen LogP contribution in [0.15, 0.2) is 24.3 Å². The molecular formula is C19H23N5O. The molecule has 0 spiro atoms. The van der Waals surface area contributed by atoms with Crippen LogP contribution in [-0.4, -0.2) is 39.7 Å². The fraction of sp³-hybridized carbons (Fsp3) is 0.421. The lowest BCUT2D eigenvalue weighted by atomic mass is 10.2. The second kappa shape index (κ2) is 6.35. The summed E-state index contributed by atoms with van der Waals surface area (Å²) in [7, 11) is 0. The number of rotatable bonds is 4. The molecule has 4 rings (SSSR count). The van der Waals surface area contributed by atoms with Crippen LogP contribution >= 0.6 is 0 Å². The molecule has 3 heterocycles. The van der Waals surface area contributed by atoms with Gasteiger partial charge in [-0.25, -0.2) is 4.68 Å². The zero-order valence-electron chi connectivity index (χ0n) is 15.0. The summed E-state index contributed by atoms with van der Waals surface area (Å²) in [6.45, 7) is 8.80. The average Bonchev–Trinajstić information content (AvgIpc) is 3.25. The normalized spacial score (nSPS) is 14.4. The number of nitrogens with zero attached hydrogens (tertiary/aromatic N) is 5. The molecule has 0 atom stereocenters. The van der Waals surface area contributed by atoms with E-state index in [2.05, 4.69) is 22.0 Å². The van der Waals surface area contributed by atoms with Crippen molar-refractivity contribution >= 4 is 16.7 Å². The third-order valence-electron chi connectivity index (χ3n) is 4.78. The lowest BCUT2D eigenvalue weighted by Gasteiger charge is -2.15. The van der Waals surface area contributed by atoms with Gasteiger partial charge < -0.3 is 9.64 Å². The van der Waals surface area contributed by atoms with E-state index in [1.807, 2.05) is 42.8 Å². The fourth-order valence-corrected chi connectivity index (χ4v) is 3.56. The van der Waals surface area contributed by atoms with E-state index in [9.17, 15) is 0 Å². The minimum atomic E-state index is 0.666. The van der Waals surface area contributed by atoms with Crippen LogP contribution in [0.1, 0.15) is 31.2 Å². The molecule has 1 fully saturated rings. The monoisotopic (exact) mass is 337 g/mol. The van der Waals surface area contributed by atoms with Crippen molar-refractivity contribution in [2.24, 2.45) is 0 Å². The Morgan fingerprint density at radius 1 is 1.04 bits per heavy atom. The summed E-state index contributed by atoms with van der Waals surface area (Å²) in [6.07, 6.45) is 2.41. The lowest BCUT2D eigenvalue weighted by molar-refractivity contribution is 0.340. The van der Waals surface area contributed by atoms with Crippen molar-refractivity contribution in [3.63, 3.8) is 0 Å². The van der Waals surface area contributed by atoms with Crippen LogP contribution in [0.25, 0.3) is 16.6 Å². The Balaban J connectivity index is 1.83.